The van der Waals surface area contributed by atoms with Crippen molar-refractivity contribution < 1.29 is 13.2 Å². The number of hydrogen-bond donors (Lipinski definition) is 1. The molecule has 0 unspecified atom stereocenters. The van der Waals surface area contributed by atoms with E-state index in [4.69, 9.17) is 0 Å². The van der Waals surface area contributed by atoms with E-state index in [9.17, 15) is 13.2 Å². The van der Waals surface area contributed by atoms with Gasteiger partial charge in [-0.25, -0.2) is 13.1 Å². The smallest absolute Gasteiger partial charge is 0.240 e. The van der Waals surface area contributed by atoms with Crippen molar-refractivity contribution >= 4 is 21.6 Å². The highest BCUT2D eigenvalue weighted by atomic mass is 32.2. The lowest BCUT2D eigenvalue weighted by molar-refractivity contribution is -0.116. The van der Waals surface area contributed by atoms with E-state index in [0.717, 1.165) is 29.7 Å². The molecule has 1 N–H and O–H groups in total. The van der Waals surface area contributed by atoms with E-state index in [1.165, 1.54) is 6.92 Å². The van der Waals surface area contributed by atoms with Gasteiger partial charge < -0.3 is 4.90 Å². The zero-order chi connectivity index (χ0) is 15.6. The van der Waals surface area contributed by atoms with Crippen LogP contribution in [0.4, 0.5) is 5.69 Å². The summed E-state index contributed by atoms with van der Waals surface area (Å²) in [5.41, 5.74) is 2.46. The van der Waals surface area contributed by atoms with Crippen molar-refractivity contribution in [3.8, 4) is 0 Å². The van der Waals surface area contributed by atoms with E-state index in [0.29, 0.717) is 6.54 Å². The summed E-state index contributed by atoms with van der Waals surface area (Å²) in [5.74, 6) is -0.0213. The number of sulfonamides is 1. The van der Waals surface area contributed by atoms with E-state index >= 15 is 0 Å². The van der Waals surface area contributed by atoms with Gasteiger partial charge in [-0.15, -0.1) is 0 Å². The number of nitrogens with one attached hydrogen (secondary N) is 1. The van der Waals surface area contributed by atoms with Crippen LogP contribution in [0.15, 0.2) is 35.2 Å². The Kier molecular flexibility index (Phi) is 4.49. The Labute approximate surface area is 125 Å². The Bertz CT molecular complexity index is 680. The third-order valence-electron chi connectivity index (χ3n) is 3.42. The Morgan fingerprint density at radius 3 is 2.71 bits per heavy atom. The number of hydrogen-bond acceptors (Lipinski definition) is 3. The molecule has 21 heavy (non-hydrogen) atoms. The zero-order valence-corrected chi connectivity index (χ0v) is 13.2. The third kappa shape index (κ3) is 3.51. The molecule has 6 heteroatoms. The van der Waals surface area contributed by atoms with Gasteiger partial charge >= 0.3 is 0 Å². The maximum atomic E-state index is 12.2. The van der Waals surface area contributed by atoms with Gasteiger partial charge in [0.25, 0.3) is 0 Å². The molecule has 0 aromatic heterocycles. The van der Waals surface area contributed by atoms with Crippen LogP contribution in [-0.2, 0) is 21.2 Å². The zero-order valence-electron chi connectivity index (χ0n) is 12.3. The number of fused-ring (bicyclic) bond motifs is 1. The molecule has 0 saturated carbocycles. The Hall–Kier alpha value is -1.66. The van der Waals surface area contributed by atoms with Gasteiger partial charge in [0.15, 0.2) is 0 Å². The second-order valence-corrected chi connectivity index (χ2v) is 7.11. The molecule has 0 radical (unpaired) electrons. The summed E-state index contributed by atoms with van der Waals surface area (Å²) in [6, 6.07) is 4.91. The molecular formula is C15H20N2O3S. The van der Waals surface area contributed by atoms with Crippen molar-refractivity contribution in [2.45, 2.75) is 31.6 Å². The van der Waals surface area contributed by atoms with Gasteiger partial charge in [-0.05, 0) is 43.5 Å². The number of amides is 1. The molecule has 114 valence electrons. The normalized spacial score (nSPS) is 14.7. The maximum absolute atomic E-state index is 12.2. The van der Waals surface area contributed by atoms with Crippen LogP contribution in [0.2, 0.25) is 0 Å². The summed E-state index contributed by atoms with van der Waals surface area (Å²) in [4.78, 5) is 13.5. The minimum Gasteiger partial charge on any atom is -0.312 e. The highest BCUT2D eigenvalue weighted by Crippen LogP contribution is 2.29. The maximum Gasteiger partial charge on any atom is 0.240 e. The van der Waals surface area contributed by atoms with Crippen LogP contribution in [-0.4, -0.2) is 27.4 Å². The van der Waals surface area contributed by atoms with Gasteiger partial charge in [-0.3, -0.25) is 4.79 Å². The van der Waals surface area contributed by atoms with Gasteiger partial charge in [-0.2, -0.15) is 0 Å². The molecule has 0 saturated heterocycles. The summed E-state index contributed by atoms with van der Waals surface area (Å²) in [5, 5.41) is 0. The summed E-state index contributed by atoms with van der Waals surface area (Å²) in [6.07, 6.45) is 1.62. The molecule has 2 rings (SSSR count). The molecule has 0 fully saturated rings. The van der Waals surface area contributed by atoms with Gasteiger partial charge in [0.1, 0.15) is 0 Å². The highest BCUT2D eigenvalue weighted by molar-refractivity contribution is 7.89. The predicted molar refractivity (Wildman–Crippen MR) is 82.8 cm³/mol. The summed E-state index contributed by atoms with van der Waals surface area (Å²) in [6.45, 7) is 7.87. The van der Waals surface area contributed by atoms with Gasteiger partial charge in [0, 0.05) is 25.7 Å². The predicted octanol–water partition coefficient (Wildman–Crippen LogP) is 1.84. The van der Waals surface area contributed by atoms with Crippen molar-refractivity contribution in [2.75, 3.05) is 18.0 Å². The second kappa shape index (κ2) is 5.99. The van der Waals surface area contributed by atoms with E-state index < -0.39 is 10.0 Å². The quantitative estimate of drug-likeness (QED) is 0.863. The summed E-state index contributed by atoms with van der Waals surface area (Å²) < 4.78 is 26.9. The van der Waals surface area contributed by atoms with E-state index in [1.54, 1.807) is 30.0 Å². The Morgan fingerprint density at radius 1 is 1.38 bits per heavy atom. The largest absolute Gasteiger partial charge is 0.312 e. The number of nitrogens with zero attached hydrogens (tertiary/aromatic N) is 1. The average Bonchev–Trinajstić information content (AvgIpc) is 2.43. The van der Waals surface area contributed by atoms with Gasteiger partial charge in [0.2, 0.25) is 15.9 Å². The molecule has 0 spiro atoms. The lowest BCUT2D eigenvalue weighted by Gasteiger charge is -2.28. The van der Waals surface area contributed by atoms with Crippen LogP contribution in [0.3, 0.4) is 0 Å². The summed E-state index contributed by atoms with van der Waals surface area (Å²) >= 11 is 0. The fourth-order valence-electron chi connectivity index (χ4n) is 2.37. The Balaban J connectivity index is 2.33. The van der Waals surface area contributed by atoms with Crippen LogP contribution in [0.25, 0.3) is 0 Å². The minimum atomic E-state index is -3.54. The van der Waals surface area contributed by atoms with E-state index in [-0.39, 0.29) is 17.3 Å². The van der Waals surface area contributed by atoms with Gasteiger partial charge in [-0.1, -0.05) is 12.2 Å². The lowest BCUT2D eigenvalue weighted by atomic mass is 10.0. The molecule has 0 atom stereocenters. The van der Waals surface area contributed by atoms with Crippen LogP contribution < -0.4 is 9.62 Å². The lowest BCUT2D eigenvalue weighted by Crippen LogP contribution is -2.33. The van der Waals surface area contributed by atoms with E-state index in [1.807, 2.05) is 0 Å². The van der Waals surface area contributed by atoms with Crippen LogP contribution in [0, 0.1) is 0 Å². The SMILES string of the molecule is C=C(C)CNS(=O)(=O)c1ccc2c(c1)CCCN2C(C)=O. The average molecular weight is 308 g/mol. The van der Waals surface area contributed by atoms with Crippen molar-refractivity contribution in [3.05, 3.63) is 35.9 Å². The monoisotopic (exact) mass is 308 g/mol. The van der Waals surface area contributed by atoms with Crippen molar-refractivity contribution in [1.82, 2.24) is 4.72 Å². The molecule has 1 heterocycles. The fourth-order valence-corrected chi connectivity index (χ4v) is 3.52. The highest BCUT2D eigenvalue weighted by Gasteiger charge is 2.22. The number of aryl methyl sites for hydroxylation is 1. The number of rotatable bonds is 4. The fraction of sp³-hybridized carbons (Fsp3) is 0.400. The second-order valence-electron chi connectivity index (χ2n) is 5.35. The first-order valence-electron chi connectivity index (χ1n) is 6.86. The van der Waals surface area contributed by atoms with Crippen molar-refractivity contribution in [1.29, 1.82) is 0 Å². The van der Waals surface area contributed by atoms with Crippen LogP contribution >= 0.6 is 0 Å². The standard InChI is InChI=1S/C15H20N2O3S/c1-11(2)10-16-21(19,20)14-6-7-15-13(9-14)5-4-8-17(15)12(3)18/h6-7,9,16H,1,4-5,8,10H2,2-3H3. The molecule has 0 bridgehead atoms. The molecule has 1 aromatic rings. The molecule has 1 aliphatic heterocycles. The van der Waals surface area contributed by atoms with Crippen LogP contribution in [0.1, 0.15) is 25.8 Å². The molecule has 1 aliphatic rings. The first kappa shape index (κ1) is 15.7. The molecule has 1 aromatic carbocycles. The van der Waals surface area contributed by atoms with Crippen molar-refractivity contribution in [2.24, 2.45) is 0 Å². The third-order valence-corrected chi connectivity index (χ3v) is 4.82. The first-order valence-corrected chi connectivity index (χ1v) is 8.34. The topological polar surface area (TPSA) is 66.5 Å². The Morgan fingerprint density at radius 2 is 2.10 bits per heavy atom. The number of carbonyl (C=O) groups is 1. The number of anilines is 1. The van der Waals surface area contributed by atoms with Crippen LogP contribution in [0.5, 0.6) is 0 Å². The van der Waals surface area contributed by atoms with Crippen molar-refractivity contribution in [3.63, 3.8) is 0 Å². The van der Waals surface area contributed by atoms with Gasteiger partial charge in [0.05, 0.1) is 4.90 Å². The number of carbonyl (C=O) groups excluding carboxylic acids is 1. The molecular weight excluding hydrogens is 288 g/mol. The molecule has 0 aliphatic carbocycles. The summed E-state index contributed by atoms with van der Waals surface area (Å²) in [7, 11) is -3.54. The molecule has 1 amide bonds. The minimum absolute atomic E-state index is 0.0213. The number of benzene rings is 1. The first-order chi connectivity index (χ1) is 9.81. The van der Waals surface area contributed by atoms with E-state index in [2.05, 4.69) is 11.3 Å². The molecule has 5 nitrogen and oxygen atoms in total.